The van der Waals surface area contributed by atoms with Gasteiger partial charge in [0.05, 0.1) is 11.1 Å². The van der Waals surface area contributed by atoms with Gasteiger partial charge in [-0.3, -0.25) is 4.99 Å². The van der Waals surface area contributed by atoms with Crippen molar-refractivity contribution in [3.8, 4) is 0 Å². The fourth-order valence-corrected chi connectivity index (χ4v) is 2.70. The Morgan fingerprint density at radius 1 is 1.45 bits per heavy atom. The number of hydrogen-bond donors (Lipinski definition) is 0. The Bertz CT molecular complexity index is 154. The van der Waals surface area contributed by atoms with Crippen molar-refractivity contribution in [1.82, 2.24) is 0 Å². The molecule has 0 fully saturated rings. The van der Waals surface area contributed by atoms with E-state index in [-0.39, 0.29) is 0 Å². The first-order chi connectivity index (χ1) is 5.27. The van der Waals surface area contributed by atoms with Gasteiger partial charge in [-0.2, -0.15) is 0 Å². The van der Waals surface area contributed by atoms with Crippen molar-refractivity contribution in [3.05, 3.63) is 0 Å². The standard InChI is InChI=1S/C9H17NS/c1-4-6-8-9(5-2)11-7(3)10-8/h8-9H,4-6H2,1-3H3. The molecule has 64 valence electrons. The molecule has 0 spiro atoms. The molecule has 1 aliphatic heterocycles. The third-order valence-electron chi connectivity index (χ3n) is 2.09. The number of thioether (sulfide) groups is 1. The molecular weight excluding hydrogens is 154 g/mol. The predicted octanol–water partition coefficient (Wildman–Crippen LogP) is 3.10. The van der Waals surface area contributed by atoms with Crippen molar-refractivity contribution in [1.29, 1.82) is 0 Å². The van der Waals surface area contributed by atoms with Crippen LogP contribution in [0.4, 0.5) is 0 Å². The van der Waals surface area contributed by atoms with E-state index in [9.17, 15) is 0 Å². The summed E-state index contributed by atoms with van der Waals surface area (Å²) in [4.78, 5) is 4.61. The van der Waals surface area contributed by atoms with Crippen LogP contribution in [0.2, 0.25) is 0 Å². The Morgan fingerprint density at radius 3 is 2.73 bits per heavy atom. The van der Waals surface area contributed by atoms with Crippen LogP contribution < -0.4 is 0 Å². The molecule has 11 heavy (non-hydrogen) atoms. The Hall–Kier alpha value is 0.0200. The second kappa shape index (κ2) is 4.15. The van der Waals surface area contributed by atoms with Gasteiger partial charge in [-0.05, 0) is 19.8 Å². The molecule has 2 unspecified atom stereocenters. The van der Waals surface area contributed by atoms with Crippen molar-refractivity contribution >= 4 is 16.8 Å². The minimum atomic E-state index is 0.620. The van der Waals surface area contributed by atoms with E-state index in [1.807, 2.05) is 11.8 Å². The maximum absolute atomic E-state index is 4.61. The van der Waals surface area contributed by atoms with Crippen LogP contribution >= 0.6 is 11.8 Å². The fraction of sp³-hybridized carbons (Fsp3) is 0.889. The first kappa shape index (κ1) is 9.11. The predicted molar refractivity (Wildman–Crippen MR) is 53.5 cm³/mol. The molecule has 2 heteroatoms. The summed E-state index contributed by atoms with van der Waals surface area (Å²) in [6, 6.07) is 0.620. The molecule has 0 amide bonds. The van der Waals surface area contributed by atoms with Crippen LogP contribution in [0.5, 0.6) is 0 Å². The summed E-state index contributed by atoms with van der Waals surface area (Å²) in [6.07, 6.45) is 3.79. The average Bonchev–Trinajstić information content (AvgIpc) is 2.32. The molecule has 0 N–H and O–H groups in total. The highest BCUT2D eigenvalue weighted by atomic mass is 32.2. The van der Waals surface area contributed by atoms with E-state index in [2.05, 4.69) is 25.8 Å². The molecule has 0 aliphatic carbocycles. The quantitative estimate of drug-likeness (QED) is 0.635. The highest BCUT2D eigenvalue weighted by Gasteiger charge is 2.25. The van der Waals surface area contributed by atoms with Crippen LogP contribution in [0.3, 0.4) is 0 Å². The van der Waals surface area contributed by atoms with Crippen molar-refractivity contribution in [2.75, 3.05) is 0 Å². The first-order valence-electron chi connectivity index (χ1n) is 4.49. The maximum atomic E-state index is 4.61. The second-order valence-electron chi connectivity index (χ2n) is 3.07. The van der Waals surface area contributed by atoms with Crippen molar-refractivity contribution in [3.63, 3.8) is 0 Å². The molecule has 1 heterocycles. The Balaban J connectivity index is 2.46. The van der Waals surface area contributed by atoms with Crippen LogP contribution in [0.15, 0.2) is 4.99 Å². The van der Waals surface area contributed by atoms with Gasteiger partial charge in [0.25, 0.3) is 0 Å². The molecule has 1 nitrogen and oxygen atoms in total. The highest BCUT2D eigenvalue weighted by molar-refractivity contribution is 8.14. The molecule has 2 atom stereocenters. The molecule has 0 aromatic rings. The monoisotopic (exact) mass is 171 g/mol. The lowest BCUT2D eigenvalue weighted by Crippen LogP contribution is -2.15. The number of rotatable bonds is 3. The lowest BCUT2D eigenvalue weighted by Gasteiger charge is -2.13. The summed E-state index contributed by atoms with van der Waals surface area (Å²) in [5.74, 6) is 0. The van der Waals surface area contributed by atoms with Gasteiger partial charge in [-0.25, -0.2) is 0 Å². The Labute approximate surface area is 73.7 Å². The topological polar surface area (TPSA) is 12.4 Å². The zero-order valence-corrected chi connectivity index (χ0v) is 8.45. The SMILES string of the molecule is CCCC1N=C(C)SC1CC. The number of aliphatic imine (C=N–C) groups is 1. The minimum absolute atomic E-state index is 0.620. The maximum Gasteiger partial charge on any atom is 0.0652 e. The van der Waals surface area contributed by atoms with Crippen LogP contribution in [0.25, 0.3) is 0 Å². The van der Waals surface area contributed by atoms with E-state index < -0.39 is 0 Å². The van der Waals surface area contributed by atoms with Gasteiger partial charge < -0.3 is 0 Å². The molecule has 0 aromatic carbocycles. The first-order valence-corrected chi connectivity index (χ1v) is 5.37. The Morgan fingerprint density at radius 2 is 2.18 bits per heavy atom. The molecule has 0 saturated heterocycles. The van der Waals surface area contributed by atoms with Gasteiger partial charge in [0.1, 0.15) is 0 Å². The van der Waals surface area contributed by atoms with Gasteiger partial charge in [0.15, 0.2) is 0 Å². The van der Waals surface area contributed by atoms with E-state index >= 15 is 0 Å². The van der Waals surface area contributed by atoms with Gasteiger partial charge in [0.2, 0.25) is 0 Å². The minimum Gasteiger partial charge on any atom is -0.279 e. The van der Waals surface area contributed by atoms with E-state index in [1.54, 1.807) is 0 Å². The summed E-state index contributed by atoms with van der Waals surface area (Å²) >= 11 is 1.96. The van der Waals surface area contributed by atoms with Crippen LogP contribution in [0.1, 0.15) is 40.0 Å². The van der Waals surface area contributed by atoms with E-state index in [0.717, 1.165) is 5.25 Å². The summed E-state index contributed by atoms with van der Waals surface area (Å²) < 4.78 is 0. The zero-order chi connectivity index (χ0) is 8.27. The number of nitrogens with zero attached hydrogens (tertiary/aromatic N) is 1. The van der Waals surface area contributed by atoms with Crippen molar-refractivity contribution < 1.29 is 0 Å². The molecule has 0 aromatic heterocycles. The third kappa shape index (κ3) is 2.22. The summed E-state index contributed by atoms with van der Waals surface area (Å²) in [5.41, 5.74) is 0. The molecular formula is C9H17NS. The Kier molecular flexibility index (Phi) is 3.44. The van der Waals surface area contributed by atoms with Crippen LogP contribution in [-0.4, -0.2) is 16.3 Å². The smallest absolute Gasteiger partial charge is 0.0652 e. The van der Waals surface area contributed by atoms with Gasteiger partial charge in [-0.1, -0.05) is 20.3 Å². The van der Waals surface area contributed by atoms with E-state index in [1.165, 1.54) is 24.3 Å². The zero-order valence-electron chi connectivity index (χ0n) is 7.63. The lowest BCUT2D eigenvalue weighted by atomic mass is 10.1. The lowest BCUT2D eigenvalue weighted by molar-refractivity contribution is 0.578. The summed E-state index contributed by atoms with van der Waals surface area (Å²) in [7, 11) is 0. The van der Waals surface area contributed by atoms with Gasteiger partial charge >= 0.3 is 0 Å². The summed E-state index contributed by atoms with van der Waals surface area (Å²) in [5, 5.41) is 2.06. The highest BCUT2D eigenvalue weighted by Crippen LogP contribution is 2.31. The van der Waals surface area contributed by atoms with Crippen molar-refractivity contribution in [2.45, 2.75) is 51.3 Å². The fourth-order valence-electron chi connectivity index (χ4n) is 1.55. The van der Waals surface area contributed by atoms with E-state index in [0.29, 0.717) is 6.04 Å². The van der Waals surface area contributed by atoms with Gasteiger partial charge in [-0.15, -0.1) is 11.8 Å². The normalized spacial score (nSPS) is 30.6. The van der Waals surface area contributed by atoms with Crippen LogP contribution in [0, 0.1) is 0 Å². The second-order valence-corrected chi connectivity index (χ2v) is 4.50. The molecule has 0 bridgehead atoms. The van der Waals surface area contributed by atoms with Crippen LogP contribution in [-0.2, 0) is 0 Å². The molecule has 0 radical (unpaired) electrons. The summed E-state index contributed by atoms with van der Waals surface area (Å²) in [6.45, 7) is 6.62. The third-order valence-corrected chi connectivity index (χ3v) is 3.48. The van der Waals surface area contributed by atoms with Crippen molar-refractivity contribution in [2.24, 2.45) is 4.99 Å². The van der Waals surface area contributed by atoms with Gasteiger partial charge in [0, 0.05) is 5.25 Å². The molecule has 1 rings (SSSR count). The number of hydrogen-bond acceptors (Lipinski definition) is 2. The average molecular weight is 171 g/mol. The molecule has 0 saturated carbocycles. The van der Waals surface area contributed by atoms with E-state index in [4.69, 9.17) is 0 Å². The molecule has 1 aliphatic rings. The largest absolute Gasteiger partial charge is 0.279 e.